The van der Waals surface area contributed by atoms with Crippen molar-refractivity contribution in [3.05, 3.63) is 12.2 Å². The van der Waals surface area contributed by atoms with E-state index < -0.39 is 10.1 Å². The molecule has 0 rings (SSSR count). The minimum Gasteiger partial charge on any atom is -0.748 e. The highest BCUT2D eigenvalue weighted by atomic mass is 32.2. The summed E-state index contributed by atoms with van der Waals surface area (Å²) in [6.07, 6.45) is 5.28. The maximum absolute atomic E-state index is 11.5. The third-order valence-corrected chi connectivity index (χ3v) is 5.70. The lowest BCUT2D eigenvalue weighted by Crippen LogP contribution is -2.56. The molecule has 0 heterocycles. The van der Waals surface area contributed by atoms with E-state index in [2.05, 4.69) is 20.4 Å². The summed E-state index contributed by atoms with van der Waals surface area (Å²) < 4.78 is 39.2. The Morgan fingerprint density at radius 1 is 1.12 bits per heavy atom. The highest BCUT2D eigenvalue weighted by Crippen LogP contribution is 2.22. The van der Waals surface area contributed by atoms with Crippen LogP contribution in [-0.2, 0) is 19.6 Å². The van der Waals surface area contributed by atoms with Crippen LogP contribution in [0.3, 0.4) is 0 Å². The highest BCUT2D eigenvalue weighted by molar-refractivity contribution is 7.85. The Kier molecular flexibility index (Phi) is 12.0. The maximum Gasteiger partial charge on any atom is 0.333 e. The lowest BCUT2D eigenvalue weighted by Gasteiger charge is -2.44. The minimum absolute atomic E-state index is 0.0775. The second-order valence-corrected chi connectivity index (χ2v) is 8.79. The number of unbranched alkanes of at least 4 members (excludes halogenated alkanes) is 2. The van der Waals surface area contributed by atoms with Crippen LogP contribution in [0.5, 0.6) is 0 Å². The van der Waals surface area contributed by atoms with Gasteiger partial charge in [0.25, 0.3) is 0 Å². The van der Waals surface area contributed by atoms with Gasteiger partial charge in [0, 0.05) is 24.2 Å². The fourth-order valence-corrected chi connectivity index (χ4v) is 3.83. The number of nitrogens with zero attached hydrogens (tertiary/aromatic N) is 1. The first-order chi connectivity index (χ1) is 12.1. The molecule has 0 fully saturated rings. The summed E-state index contributed by atoms with van der Waals surface area (Å²) in [6.45, 7) is 14.5. The largest absolute Gasteiger partial charge is 0.748 e. The van der Waals surface area contributed by atoms with Gasteiger partial charge in [-0.1, -0.05) is 33.3 Å². The molecular formula is C19H37NO5S. The maximum atomic E-state index is 11.5. The Morgan fingerprint density at radius 2 is 1.62 bits per heavy atom. The van der Waals surface area contributed by atoms with Crippen LogP contribution in [-0.4, -0.2) is 61.5 Å². The van der Waals surface area contributed by atoms with Crippen molar-refractivity contribution in [1.29, 1.82) is 0 Å². The standard InChI is InChI=1S/C19H37NO5S/c1-6-8-12-20(13-9-7-2,18(5)11-16-26(22,23)24)14-10-15-25-19(21)17(3)4/h18H,3,6-16H2,1-2,4-5H3. The summed E-state index contributed by atoms with van der Waals surface area (Å²) in [7, 11) is -4.21. The molecule has 26 heavy (non-hydrogen) atoms. The van der Waals surface area contributed by atoms with Crippen LogP contribution in [0.25, 0.3) is 0 Å². The minimum atomic E-state index is -4.21. The fourth-order valence-electron chi connectivity index (χ4n) is 3.20. The molecule has 1 unspecified atom stereocenters. The molecule has 0 radical (unpaired) electrons. The highest BCUT2D eigenvalue weighted by Gasteiger charge is 2.32. The van der Waals surface area contributed by atoms with Crippen molar-refractivity contribution < 1.29 is 27.0 Å². The first-order valence-electron chi connectivity index (χ1n) is 9.70. The number of hydrogen-bond donors (Lipinski definition) is 0. The predicted molar refractivity (Wildman–Crippen MR) is 104 cm³/mol. The Bertz CT molecular complexity index is 522. The molecule has 0 aromatic carbocycles. The Hall–Kier alpha value is -0.920. The van der Waals surface area contributed by atoms with Crippen LogP contribution in [0, 0.1) is 0 Å². The lowest BCUT2D eigenvalue weighted by molar-refractivity contribution is -0.950. The predicted octanol–water partition coefficient (Wildman–Crippen LogP) is 3.24. The molecule has 0 aliphatic carbocycles. The van der Waals surface area contributed by atoms with Gasteiger partial charge in [-0.2, -0.15) is 0 Å². The summed E-state index contributed by atoms with van der Waals surface area (Å²) in [5.74, 6) is -0.701. The topological polar surface area (TPSA) is 83.5 Å². The number of ether oxygens (including phenoxy) is 1. The summed E-state index contributed by atoms with van der Waals surface area (Å²) >= 11 is 0. The quantitative estimate of drug-likeness (QED) is 0.141. The first-order valence-corrected chi connectivity index (χ1v) is 11.3. The SMILES string of the molecule is C=C(C)C(=O)OCCC[N+](CCCC)(CCCC)C(C)CCS(=O)(=O)[O-]. The summed E-state index contributed by atoms with van der Waals surface area (Å²) in [5.41, 5.74) is 0.386. The van der Waals surface area contributed by atoms with Crippen molar-refractivity contribution in [3.8, 4) is 0 Å². The number of hydrogen-bond acceptors (Lipinski definition) is 5. The van der Waals surface area contributed by atoms with Crippen LogP contribution in [0.1, 0.15) is 66.2 Å². The van der Waals surface area contributed by atoms with E-state index in [0.717, 1.165) is 49.8 Å². The molecule has 0 aliphatic heterocycles. The Labute approximate surface area is 159 Å². The van der Waals surface area contributed by atoms with Crippen LogP contribution in [0.2, 0.25) is 0 Å². The third kappa shape index (κ3) is 10.3. The number of carbonyl (C=O) groups is 1. The van der Waals surface area contributed by atoms with Gasteiger partial charge in [0.1, 0.15) is 0 Å². The zero-order chi connectivity index (χ0) is 20.2. The zero-order valence-electron chi connectivity index (χ0n) is 17.0. The van der Waals surface area contributed by atoms with Crippen LogP contribution < -0.4 is 0 Å². The van der Waals surface area contributed by atoms with Crippen molar-refractivity contribution in [2.45, 2.75) is 72.3 Å². The van der Waals surface area contributed by atoms with Gasteiger partial charge >= 0.3 is 5.97 Å². The van der Waals surface area contributed by atoms with Gasteiger partial charge in [-0.15, -0.1) is 0 Å². The van der Waals surface area contributed by atoms with Gasteiger partial charge in [-0.3, -0.25) is 0 Å². The molecule has 0 N–H and O–H groups in total. The molecule has 0 aromatic heterocycles. The Morgan fingerprint density at radius 3 is 2.04 bits per heavy atom. The average Bonchev–Trinajstić information content (AvgIpc) is 2.57. The van der Waals surface area contributed by atoms with E-state index in [1.165, 1.54) is 0 Å². The summed E-state index contributed by atoms with van der Waals surface area (Å²) in [4.78, 5) is 11.5. The summed E-state index contributed by atoms with van der Waals surface area (Å²) in [6, 6.07) is 0.0775. The fraction of sp³-hybridized carbons (Fsp3) is 0.842. The molecule has 154 valence electrons. The second kappa shape index (κ2) is 12.5. The molecule has 7 heteroatoms. The molecule has 0 saturated heterocycles. The third-order valence-electron chi connectivity index (χ3n) is 4.96. The lowest BCUT2D eigenvalue weighted by atomic mass is 10.1. The Balaban J connectivity index is 5.06. The molecule has 0 spiro atoms. The van der Waals surface area contributed by atoms with Crippen molar-refractivity contribution in [2.24, 2.45) is 0 Å². The van der Waals surface area contributed by atoms with Gasteiger partial charge < -0.3 is 13.8 Å². The van der Waals surface area contributed by atoms with Crippen molar-refractivity contribution in [2.75, 3.05) is 32.0 Å². The van der Waals surface area contributed by atoms with E-state index in [9.17, 15) is 17.8 Å². The average molecular weight is 392 g/mol. The van der Waals surface area contributed by atoms with Gasteiger partial charge in [-0.25, -0.2) is 13.2 Å². The van der Waals surface area contributed by atoms with Crippen LogP contribution in [0.15, 0.2) is 12.2 Å². The van der Waals surface area contributed by atoms with E-state index >= 15 is 0 Å². The molecule has 0 aromatic rings. The van der Waals surface area contributed by atoms with Crippen molar-refractivity contribution in [3.63, 3.8) is 0 Å². The molecule has 0 aliphatic rings. The van der Waals surface area contributed by atoms with Crippen LogP contribution >= 0.6 is 0 Å². The van der Waals surface area contributed by atoms with Crippen molar-refractivity contribution >= 4 is 16.1 Å². The number of carbonyl (C=O) groups excluding carboxylic acids is 1. The van der Waals surface area contributed by atoms with Crippen molar-refractivity contribution in [1.82, 2.24) is 0 Å². The number of rotatable bonds is 15. The van der Waals surface area contributed by atoms with E-state index in [1.807, 2.05) is 6.92 Å². The van der Waals surface area contributed by atoms with Gasteiger partial charge in [-0.05, 0) is 26.7 Å². The van der Waals surface area contributed by atoms with Crippen LogP contribution in [0.4, 0.5) is 0 Å². The monoisotopic (exact) mass is 391 g/mol. The van der Waals surface area contributed by atoms with Gasteiger partial charge in [0.15, 0.2) is 0 Å². The summed E-state index contributed by atoms with van der Waals surface area (Å²) in [5, 5.41) is 0. The molecule has 0 amide bonds. The van der Waals surface area contributed by atoms with E-state index in [4.69, 9.17) is 4.74 Å². The smallest absolute Gasteiger partial charge is 0.333 e. The molecule has 0 saturated carbocycles. The zero-order valence-corrected chi connectivity index (χ0v) is 17.8. The van der Waals surface area contributed by atoms with Gasteiger partial charge in [0.05, 0.1) is 42.4 Å². The molecule has 1 atom stereocenters. The molecule has 6 nitrogen and oxygen atoms in total. The van der Waals surface area contributed by atoms with E-state index in [1.54, 1.807) is 6.92 Å². The molecule has 0 bridgehead atoms. The second-order valence-electron chi connectivity index (χ2n) is 7.27. The first kappa shape index (κ1) is 25.1. The number of esters is 1. The number of quaternary nitrogens is 1. The normalized spacial score (nSPS) is 13.4. The molecular weight excluding hydrogens is 354 g/mol. The van der Waals surface area contributed by atoms with Gasteiger partial charge in [0.2, 0.25) is 0 Å². The van der Waals surface area contributed by atoms with E-state index in [0.29, 0.717) is 25.0 Å². The van der Waals surface area contributed by atoms with E-state index in [-0.39, 0.29) is 17.8 Å².